The summed E-state index contributed by atoms with van der Waals surface area (Å²) in [6, 6.07) is 11.7. The van der Waals surface area contributed by atoms with Gasteiger partial charge in [-0.25, -0.2) is 4.39 Å². The molecule has 20 heavy (non-hydrogen) atoms. The van der Waals surface area contributed by atoms with Crippen LogP contribution in [0.4, 0.5) is 10.1 Å². The third-order valence-electron chi connectivity index (χ3n) is 2.77. The zero-order valence-electron chi connectivity index (χ0n) is 10.5. The topological polar surface area (TPSA) is 70.6 Å². The Hall–Kier alpha value is -2.08. The van der Waals surface area contributed by atoms with Crippen molar-refractivity contribution in [3.8, 4) is 0 Å². The Labute approximate surface area is 124 Å². The minimum Gasteiger partial charge on any atom is -0.409 e. The largest absolute Gasteiger partial charge is 0.409 e. The molecule has 0 fully saturated rings. The summed E-state index contributed by atoms with van der Waals surface area (Å²) in [5, 5.41) is 14.6. The second-order valence-corrected chi connectivity index (χ2v) is 5.01. The fourth-order valence-corrected chi connectivity index (χ4v) is 2.07. The molecule has 2 aromatic carbocycles. The molecule has 0 heterocycles. The minimum absolute atomic E-state index is 0.0670. The van der Waals surface area contributed by atoms with E-state index < -0.39 is 0 Å². The Morgan fingerprint density at radius 3 is 2.60 bits per heavy atom. The van der Waals surface area contributed by atoms with Crippen LogP contribution in [0.5, 0.6) is 0 Å². The van der Waals surface area contributed by atoms with Gasteiger partial charge in [-0.05, 0) is 39.7 Å². The quantitative estimate of drug-likeness (QED) is 0.347. The number of nitrogens with two attached hydrogens (primary N) is 1. The molecule has 2 rings (SSSR count). The summed E-state index contributed by atoms with van der Waals surface area (Å²) >= 11 is 3.35. The van der Waals surface area contributed by atoms with Crippen molar-refractivity contribution in [2.45, 2.75) is 6.54 Å². The van der Waals surface area contributed by atoms with Crippen LogP contribution in [0.3, 0.4) is 0 Å². The van der Waals surface area contributed by atoms with Gasteiger partial charge in [-0.2, -0.15) is 0 Å². The molecule has 0 aliphatic carbocycles. The van der Waals surface area contributed by atoms with E-state index in [2.05, 4.69) is 26.4 Å². The maximum absolute atomic E-state index is 13.1. The molecule has 0 saturated carbocycles. The van der Waals surface area contributed by atoms with Crippen molar-refractivity contribution in [2.75, 3.05) is 5.32 Å². The van der Waals surface area contributed by atoms with Crippen molar-refractivity contribution in [1.82, 2.24) is 0 Å². The van der Waals surface area contributed by atoms with Crippen LogP contribution >= 0.6 is 15.9 Å². The summed E-state index contributed by atoms with van der Waals surface area (Å²) in [6.07, 6.45) is 0. The first-order valence-corrected chi connectivity index (χ1v) is 6.65. The molecule has 0 aromatic heterocycles. The molecule has 0 atom stereocenters. The summed E-state index contributed by atoms with van der Waals surface area (Å²) in [7, 11) is 0. The summed E-state index contributed by atoms with van der Waals surface area (Å²) in [4.78, 5) is 0. The summed E-state index contributed by atoms with van der Waals surface area (Å²) in [5.41, 5.74) is 7.81. The number of hydrogen-bond donors (Lipinski definition) is 3. The van der Waals surface area contributed by atoms with Gasteiger partial charge < -0.3 is 16.3 Å². The van der Waals surface area contributed by atoms with Gasteiger partial charge in [-0.3, -0.25) is 0 Å². The van der Waals surface area contributed by atoms with Crippen LogP contribution in [0.15, 0.2) is 52.1 Å². The van der Waals surface area contributed by atoms with E-state index in [0.717, 1.165) is 10.0 Å². The van der Waals surface area contributed by atoms with E-state index >= 15 is 0 Å². The molecule has 0 bridgehead atoms. The van der Waals surface area contributed by atoms with E-state index in [-0.39, 0.29) is 11.7 Å². The van der Waals surface area contributed by atoms with Gasteiger partial charge in [0.25, 0.3) is 0 Å². The fourth-order valence-electron chi connectivity index (χ4n) is 1.68. The average molecular weight is 338 g/mol. The number of oxime groups is 1. The Morgan fingerprint density at radius 2 is 1.95 bits per heavy atom. The van der Waals surface area contributed by atoms with Crippen molar-refractivity contribution in [1.29, 1.82) is 0 Å². The van der Waals surface area contributed by atoms with Gasteiger partial charge in [0.15, 0.2) is 5.84 Å². The molecule has 0 spiro atoms. The smallest absolute Gasteiger partial charge is 0.170 e. The lowest BCUT2D eigenvalue weighted by atomic mass is 10.1. The Bertz CT molecular complexity index is 629. The lowest BCUT2D eigenvalue weighted by Gasteiger charge is -2.09. The third-order valence-corrected chi connectivity index (χ3v) is 3.46. The standard InChI is InChI=1S/C14H13BrFN3O/c15-12-6-5-11(16)7-13(12)18-8-9-1-3-10(4-2-9)14(17)19-20/h1-7,18,20H,8H2,(H2,17,19). The van der Waals surface area contributed by atoms with Crippen LogP contribution < -0.4 is 11.1 Å². The van der Waals surface area contributed by atoms with Crippen LogP contribution in [0.2, 0.25) is 0 Å². The molecule has 0 aliphatic rings. The third kappa shape index (κ3) is 3.48. The van der Waals surface area contributed by atoms with Crippen LogP contribution in [0, 0.1) is 5.82 Å². The first-order chi connectivity index (χ1) is 9.60. The van der Waals surface area contributed by atoms with Crippen molar-refractivity contribution < 1.29 is 9.60 Å². The summed E-state index contributed by atoms with van der Waals surface area (Å²) < 4.78 is 13.9. The molecule has 2 aromatic rings. The number of anilines is 1. The molecule has 4 nitrogen and oxygen atoms in total. The number of hydrogen-bond acceptors (Lipinski definition) is 3. The lowest BCUT2D eigenvalue weighted by molar-refractivity contribution is 0.318. The molecule has 4 N–H and O–H groups in total. The van der Waals surface area contributed by atoms with E-state index in [1.165, 1.54) is 12.1 Å². The second kappa shape index (κ2) is 6.38. The highest BCUT2D eigenvalue weighted by atomic mass is 79.9. The molecule has 0 unspecified atom stereocenters. The minimum atomic E-state index is -0.294. The average Bonchev–Trinajstić information content (AvgIpc) is 2.48. The molecule has 0 amide bonds. The number of nitrogens with zero attached hydrogens (tertiary/aromatic N) is 1. The maximum atomic E-state index is 13.1. The normalized spacial score (nSPS) is 11.4. The maximum Gasteiger partial charge on any atom is 0.170 e. The Balaban J connectivity index is 2.06. The molecular formula is C14H13BrFN3O. The highest BCUT2D eigenvalue weighted by Crippen LogP contribution is 2.23. The van der Waals surface area contributed by atoms with Crippen LogP contribution in [-0.2, 0) is 6.54 Å². The lowest BCUT2D eigenvalue weighted by Crippen LogP contribution is -2.13. The Kier molecular flexibility index (Phi) is 4.57. The highest BCUT2D eigenvalue weighted by molar-refractivity contribution is 9.10. The van der Waals surface area contributed by atoms with Crippen LogP contribution in [0.25, 0.3) is 0 Å². The number of nitrogens with one attached hydrogen (secondary N) is 1. The van der Waals surface area contributed by atoms with Gasteiger partial charge in [0.1, 0.15) is 5.82 Å². The molecule has 0 aliphatic heterocycles. The highest BCUT2D eigenvalue weighted by Gasteiger charge is 2.03. The first kappa shape index (κ1) is 14.3. The van der Waals surface area contributed by atoms with Gasteiger partial charge in [0, 0.05) is 16.6 Å². The zero-order valence-corrected chi connectivity index (χ0v) is 12.1. The SMILES string of the molecule is N/C(=N/O)c1ccc(CNc2cc(F)ccc2Br)cc1. The number of halogens is 2. The molecule has 0 saturated heterocycles. The van der Waals surface area contributed by atoms with Crippen molar-refractivity contribution in [3.63, 3.8) is 0 Å². The predicted octanol–water partition coefficient (Wildman–Crippen LogP) is 3.29. The number of benzene rings is 2. The zero-order chi connectivity index (χ0) is 14.5. The fraction of sp³-hybridized carbons (Fsp3) is 0.0714. The van der Waals surface area contributed by atoms with Crippen LogP contribution in [-0.4, -0.2) is 11.0 Å². The van der Waals surface area contributed by atoms with Gasteiger partial charge in [0.05, 0.1) is 5.69 Å². The van der Waals surface area contributed by atoms with Crippen molar-refractivity contribution in [3.05, 3.63) is 63.9 Å². The molecule has 104 valence electrons. The van der Waals surface area contributed by atoms with Gasteiger partial charge >= 0.3 is 0 Å². The van der Waals surface area contributed by atoms with E-state index in [1.54, 1.807) is 18.2 Å². The Morgan fingerprint density at radius 1 is 1.25 bits per heavy atom. The predicted molar refractivity (Wildman–Crippen MR) is 80.4 cm³/mol. The van der Waals surface area contributed by atoms with Gasteiger partial charge in [-0.15, -0.1) is 0 Å². The van der Waals surface area contributed by atoms with E-state index in [9.17, 15) is 4.39 Å². The first-order valence-electron chi connectivity index (χ1n) is 5.86. The monoisotopic (exact) mass is 337 g/mol. The second-order valence-electron chi connectivity index (χ2n) is 4.16. The van der Waals surface area contributed by atoms with Gasteiger partial charge in [-0.1, -0.05) is 29.4 Å². The van der Waals surface area contributed by atoms with Gasteiger partial charge in [0.2, 0.25) is 0 Å². The summed E-state index contributed by atoms with van der Waals surface area (Å²) in [6.45, 7) is 0.540. The van der Waals surface area contributed by atoms with Crippen LogP contribution in [0.1, 0.15) is 11.1 Å². The van der Waals surface area contributed by atoms with Crippen molar-refractivity contribution >= 4 is 27.5 Å². The van der Waals surface area contributed by atoms with E-state index in [1.807, 2.05) is 12.1 Å². The van der Waals surface area contributed by atoms with E-state index in [0.29, 0.717) is 17.8 Å². The summed E-state index contributed by atoms with van der Waals surface area (Å²) in [5.74, 6) is -0.227. The van der Waals surface area contributed by atoms with E-state index in [4.69, 9.17) is 10.9 Å². The molecule has 0 radical (unpaired) electrons. The number of rotatable bonds is 4. The molecular weight excluding hydrogens is 325 g/mol. The number of amidine groups is 1. The van der Waals surface area contributed by atoms with Crippen molar-refractivity contribution in [2.24, 2.45) is 10.9 Å². The molecule has 6 heteroatoms.